The first kappa shape index (κ1) is 18.5. The van der Waals surface area contributed by atoms with E-state index in [1.165, 1.54) is 16.8 Å². The second-order valence-electron chi connectivity index (χ2n) is 6.51. The molecule has 2 aromatic carbocycles. The van der Waals surface area contributed by atoms with E-state index in [1.54, 1.807) is 18.2 Å². The largest absolute Gasteiger partial charge is 0.493 e. The molecule has 9 heteroatoms. The number of nitrogens with zero attached hydrogens (tertiary/aromatic N) is 1. The number of halogens is 4. The minimum absolute atomic E-state index is 0.121. The lowest BCUT2D eigenvalue weighted by molar-refractivity contribution is -0.137. The fourth-order valence-electron chi connectivity index (χ4n) is 3.44. The van der Waals surface area contributed by atoms with Crippen LogP contribution in [0.5, 0.6) is 17.4 Å². The summed E-state index contributed by atoms with van der Waals surface area (Å²) in [6.45, 7) is 0. The number of rotatable bonds is 3. The Morgan fingerprint density at radius 3 is 2.64 bits per heavy atom. The van der Waals surface area contributed by atoms with Crippen molar-refractivity contribution in [2.24, 2.45) is 0 Å². The zero-order valence-electron chi connectivity index (χ0n) is 14.3. The fourth-order valence-corrected chi connectivity index (χ4v) is 3.66. The Kier molecular flexibility index (Phi) is 4.38. The predicted octanol–water partition coefficient (Wildman–Crippen LogP) is 4.88. The molecule has 1 aliphatic rings. The van der Waals surface area contributed by atoms with Gasteiger partial charge in [0.15, 0.2) is 0 Å². The van der Waals surface area contributed by atoms with Gasteiger partial charge in [-0.3, -0.25) is 9.55 Å². The maximum atomic E-state index is 12.7. The Hall–Kier alpha value is -2.87. The number of ether oxygens (including phenoxy) is 1. The molecule has 0 aliphatic heterocycles. The van der Waals surface area contributed by atoms with Crippen LogP contribution in [-0.4, -0.2) is 14.7 Å². The van der Waals surface area contributed by atoms with Crippen LogP contribution >= 0.6 is 11.6 Å². The average molecular weight is 411 g/mol. The van der Waals surface area contributed by atoms with Crippen LogP contribution in [0.1, 0.15) is 29.2 Å². The van der Waals surface area contributed by atoms with Gasteiger partial charge in [0.05, 0.1) is 22.8 Å². The van der Waals surface area contributed by atoms with E-state index in [0.29, 0.717) is 18.6 Å². The number of H-pyrrole nitrogens is 1. The first-order chi connectivity index (χ1) is 13.2. The molecule has 1 aromatic heterocycles. The number of aryl methyl sites for hydroxylation is 1. The maximum absolute atomic E-state index is 12.7. The van der Waals surface area contributed by atoms with Crippen molar-refractivity contribution in [3.05, 3.63) is 74.8 Å². The van der Waals surface area contributed by atoms with Crippen LogP contribution in [0.15, 0.2) is 47.4 Å². The number of nitrogens with one attached hydrogen (secondary N) is 1. The van der Waals surface area contributed by atoms with Crippen LogP contribution in [0, 0.1) is 0 Å². The van der Waals surface area contributed by atoms with Crippen LogP contribution < -0.4 is 10.4 Å². The molecule has 0 spiro atoms. The lowest BCUT2D eigenvalue weighted by atomic mass is 10.1. The molecule has 28 heavy (non-hydrogen) atoms. The number of hydrogen-bond donors (Lipinski definition) is 2. The standard InChI is InChI=1S/C19H14ClF3N2O3/c20-14-8-11(19(21,22)23)2-6-16(14)28-12-3-4-13-10(7-12)1-5-15(13)25-9-17(26)24-18(25)27/h2-4,6-9,15,26H,1,5H2,(H,24,27). The minimum Gasteiger partial charge on any atom is -0.493 e. The third-order valence-electron chi connectivity index (χ3n) is 4.71. The average Bonchev–Trinajstić information content (AvgIpc) is 3.17. The topological polar surface area (TPSA) is 67.2 Å². The molecule has 5 nitrogen and oxygen atoms in total. The number of aromatic hydroxyl groups is 1. The normalized spacial score (nSPS) is 16.2. The molecule has 2 N–H and O–H groups in total. The van der Waals surface area contributed by atoms with Crippen LogP contribution in [0.2, 0.25) is 5.02 Å². The molecule has 0 radical (unpaired) electrons. The van der Waals surface area contributed by atoms with E-state index < -0.39 is 17.4 Å². The molecule has 1 unspecified atom stereocenters. The van der Waals surface area contributed by atoms with Crippen molar-refractivity contribution in [2.75, 3.05) is 0 Å². The van der Waals surface area contributed by atoms with E-state index in [4.69, 9.17) is 16.3 Å². The number of fused-ring (bicyclic) bond motifs is 1. The van der Waals surface area contributed by atoms with Gasteiger partial charge in [-0.2, -0.15) is 13.2 Å². The molecule has 0 amide bonds. The summed E-state index contributed by atoms with van der Waals surface area (Å²) >= 11 is 5.94. The number of alkyl halides is 3. The molecule has 0 saturated carbocycles. The van der Waals surface area contributed by atoms with Gasteiger partial charge in [0.25, 0.3) is 0 Å². The van der Waals surface area contributed by atoms with Gasteiger partial charge in [0.2, 0.25) is 5.88 Å². The first-order valence-corrected chi connectivity index (χ1v) is 8.78. The second kappa shape index (κ2) is 6.63. The number of hydrogen-bond acceptors (Lipinski definition) is 3. The lowest BCUT2D eigenvalue weighted by Gasteiger charge is -2.14. The Labute approximate surface area is 162 Å². The van der Waals surface area contributed by atoms with Gasteiger partial charge in [0.1, 0.15) is 11.5 Å². The highest BCUT2D eigenvalue weighted by Gasteiger charge is 2.31. The number of aromatic amines is 1. The molecule has 1 heterocycles. The van der Waals surface area contributed by atoms with Gasteiger partial charge in [-0.1, -0.05) is 17.7 Å². The van der Waals surface area contributed by atoms with Crippen LogP contribution in [0.3, 0.4) is 0 Å². The van der Waals surface area contributed by atoms with E-state index in [2.05, 4.69) is 4.98 Å². The van der Waals surface area contributed by atoms with Gasteiger partial charge in [-0.05, 0) is 54.3 Å². The van der Waals surface area contributed by atoms with Gasteiger partial charge in [-0.25, -0.2) is 4.79 Å². The maximum Gasteiger partial charge on any atom is 0.416 e. The summed E-state index contributed by atoms with van der Waals surface area (Å²) < 4.78 is 45.3. The van der Waals surface area contributed by atoms with Gasteiger partial charge >= 0.3 is 11.9 Å². The van der Waals surface area contributed by atoms with Crippen molar-refractivity contribution in [1.82, 2.24) is 9.55 Å². The zero-order valence-corrected chi connectivity index (χ0v) is 15.0. The summed E-state index contributed by atoms with van der Waals surface area (Å²) in [6, 6.07) is 7.97. The van der Waals surface area contributed by atoms with E-state index in [1.807, 2.05) is 0 Å². The minimum atomic E-state index is -4.48. The highest BCUT2D eigenvalue weighted by Crippen LogP contribution is 2.39. The summed E-state index contributed by atoms with van der Waals surface area (Å²) in [4.78, 5) is 14.2. The van der Waals surface area contributed by atoms with Crippen LogP contribution in [0.4, 0.5) is 13.2 Å². The fraction of sp³-hybridized carbons (Fsp3) is 0.211. The van der Waals surface area contributed by atoms with Gasteiger partial charge in [0, 0.05) is 0 Å². The first-order valence-electron chi connectivity index (χ1n) is 8.40. The van der Waals surface area contributed by atoms with Crippen molar-refractivity contribution >= 4 is 11.6 Å². The van der Waals surface area contributed by atoms with Crippen molar-refractivity contribution in [2.45, 2.75) is 25.1 Å². The number of benzene rings is 2. The highest BCUT2D eigenvalue weighted by atomic mass is 35.5. The Bertz CT molecular complexity index is 1100. The zero-order chi connectivity index (χ0) is 20.1. The van der Waals surface area contributed by atoms with Crippen LogP contribution in [-0.2, 0) is 12.6 Å². The molecule has 146 valence electrons. The molecular formula is C19H14ClF3N2O3. The smallest absolute Gasteiger partial charge is 0.416 e. The molecular weight excluding hydrogens is 397 g/mol. The summed E-state index contributed by atoms with van der Waals surface area (Å²) in [7, 11) is 0. The van der Waals surface area contributed by atoms with Crippen LogP contribution in [0.25, 0.3) is 0 Å². The monoisotopic (exact) mass is 410 g/mol. The molecule has 0 bridgehead atoms. The number of imidazole rings is 1. The Balaban J connectivity index is 1.59. The van der Waals surface area contributed by atoms with Gasteiger partial charge < -0.3 is 9.84 Å². The summed E-state index contributed by atoms with van der Waals surface area (Å²) in [5.74, 6) is 0.358. The van der Waals surface area contributed by atoms with Crippen molar-refractivity contribution < 1.29 is 23.0 Å². The molecule has 3 aromatic rings. The summed E-state index contributed by atoms with van der Waals surface area (Å²) in [6.07, 6.45) is -1.75. The van der Waals surface area contributed by atoms with E-state index in [0.717, 1.165) is 23.3 Å². The molecule has 4 rings (SSSR count). The third kappa shape index (κ3) is 3.35. The van der Waals surface area contributed by atoms with Crippen molar-refractivity contribution in [1.29, 1.82) is 0 Å². The van der Waals surface area contributed by atoms with E-state index in [-0.39, 0.29) is 22.7 Å². The third-order valence-corrected chi connectivity index (χ3v) is 5.01. The quantitative estimate of drug-likeness (QED) is 0.646. The van der Waals surface area contributed by atoms with E-state index >= 15 is 0 Å². The Morgan fingerprint density at radius 1 is 1.21 bits per heavy atom. The predicted molar refractivity (Wildman–Crippen MR) is 96.1 cm³/mol. The SMILES string of the molecule is O=c1[nH]c(O)cn1C1CCc2cc(Oc3ccc(C(F)(F)F)cc3Cl)ccc21. The number of aromatic nitrogens is 2. The van der Waals surface area contributed by atoms with E-state index in [9.17, 15) is 23.1 Å². The molecule has 1 atom stereocenters. The molecule has 1 aliphatic carbocycles. The molecule has 0 fully saturated rings. The summed E-state index contributed by atoms with van der Waals surface area (Å²) in [5, 5.41) is 9.33. The second-order valence-corrected chi connectivity index (χ2v) is 6.92. The lowest BCUT2D eigenvalue weighted by Crippen LogP contribution is -2.20. The van der Waals surface area contributed by atoms with Crippen molar-refractivity contribution in [3.63, 3.8) is 0 Å². The Morgan fingerprint density at radius 2 is 2.00 bits per heavy atom. The molecule has 0 saturated heterocycles. The summed E-state index contributed by atoms with van der Waals surface area (Å²) in [5.41, 5.74) is 0.638. The van der Waals surface area contributed by atoms with Crippen molar-refractivity contribution in [3.8, 4) is 17.4 Å². The highest BCUT2D eigenvalue weighted by molar-refractivity contribution is 6.32. The van der Waals surface area contributed by atoms with Gasteiger partial charge in [-0.15, -0.1) is 0 Å².